The molecule has 126 valence electrons. The number of nitrogens with zero attached hydrogens (tertiary/aromatic N) is 4. The molecule has 1 aliphatic carbocycles. The lowest BCUT2D eigenvalue weighted by atomic mass is 9.89. The zero-order chi connectivity index (χ0) is 16.2. The van der Waals surface area contributed by atoms with Crippen LogP contribution in [0.1, 0.15) is 58.8 Å². The normalized spacial score (nSPS) is 17.5. The number of nitrogens with two attached hydrogens (primary N) is 1. The van der Waals surface area contributed by atoms with Gasteiger partial charge >= 0.3 is 6.01 Å². The summed E-state index contributed by atoms with van der Waals surface area (Å²) in [5.41, 5.74) is 6.86. The van der Waals surface area contributed by atoms with E-state index in [-0.39, 0.29) is 6.10 Å². The predicted octanol–water partition coefficient (Wildman–Crippen LogP) is 3.56. The van der Waals surface area contributed by atoms with Crippen LogP contribution in [0.25, 0.3) is 11.0 Å². The van der Waals surface area contributed by atoms with Gasteiger partial charge in [-0.3, -0.25) is 0 Å². The largest absolute Gasteiger partial charge is 0.460 e. The minimum absolute atomic E-state index is 0.0894. The molecule has 23 heavy (non-hydrogen) atoms. The van der Waals surface area contributed by atoms with Gasteiger partial charge in [-0.05, 0) is 32.1 Å². The molecule has 0 saturated heterocycles. The zero-order valence-electron chi connectivity index (χ0n) is 14.2. The van der Waals surface area contributed by atoms with Gasteiger partial charge in [0.05, 0.1) is 17.7 Å². The van der Waals surface area contributed by atoms with Crippen LogP contribution in [-0.4, -0.2) is 25.9 Å². The van der Waals surface area contributed by atoms with Crippen molar-refractivity contribution in [2.45, 2.75) is 71.4 Å². The molecule has 1 aliphatic rings. The summed E-state index contributed by atoms with van der Waals surface area (Å²) in [7, 11) is 0. The standard InChI is InChI=1S/C17H27N5O/c1-3-7-12(2)23-17-20-15(18)14-10-19-22(16(14)21-17)11-13-8-5-4-6-9-13/h10,12-13H,3-9,11H2,1-2H3,(H2,18,20,21). The SMILES string of the molecule is CCCC(C)Oc1nc(N)c2cnn(CC3CCCCC3)c2n1. The molecule has 0 radical (unpaired) electrons. The molecule has 2 aromatic heterocycles. The maximum absolute atomic E-state index is 6.07. The summed E-state index contributed by atoms with van der Waals surface area (Å²) < 4.78 is 7.79. The third kappa shape index (κ3) is 3.74. The van der Waals surface area contributed by atoms with Crippen molar-refractivity contribution in [3.63, 3.8) is 0 Å². The number of aromatic nitrogens is 4. The van der Waals surface area contributed by atoms with E-state index in [4.69, 9.17) is 10.5 Å². The van der Waals surface area contributed by atoms with E-state index >= 15 is 0 Å². The Labute approximate surface area is 137 Å². The van der Waals surface area contributed by atoms with Gasteiger partial charge in [0.15, 0.2) is 5.65 Å². The summed E-state index contributed by atoms with van der Waals surface area (Å²) in [4.78, 5) is 8.85. The van der Waals surface area contributed by atoms with Gasteiger partial charge in [-0.15, -0.1) is 0 Å². The molecule has 0 amide bonds. The van der Waals surface area contributed by atoms with E-state index in [2.05, 4.69) is 22.0 Å². The maximum atomic E-state index is 6.07. The van der Waals surface area contributed by atoms with E-state index in [9.17, 15) is 0 Å². The van der Waals surface area contributed by atoms with Gasteiger partial charge in [-0.25, -0.2) is 4.68 Å². The molecular formula is C17H27N5O. The first kappa shape index (κ1) is 16.0. The number of rotatable bonds is 6. The average molecular weight is 317 g/mol. The highest BCUT2D eigenvalue weighted by atomic mass is 16.5. The lowest BCUT2D eigenvalue weighted by Crippen LogP contribution is -2.16. The second-order valence-corrected chi connectivity index (χ2v) is 6.68. The average Bonchev–Trinajstić information content (AvgIpc) is 2.92. The Balaban J connectivity index is 1.83. The van der Waals surface area contributed by atoms with Crippen molar-refractivity contribution in [2.24, 2.45) is 5.92 Å². The van der Waals surface area contributed by atoms with Gasteiger partial charge < -0.3 is 10.5 Å². The Morgan fingerprint density at radius 1 is 1.30 bits per heavy atom. The molecule has 2 heterocycles. The zero-order valence-corrected chi connectivity index (χ0v) is 14.2. The van der Waals surface area contributed by atoms with Crippen LogP contribution in [0, 0.1) is 5.92 Å². The van der Waals surface area contributed by atoms with Crippen molar-refractivity contribution >= 4 is 16.9 Å². The molecule has 6 nitrogen and oxygen atoms in total. The van der Waals surface area contributed by atoms with Crippen LogP contribution in [0.5, 0.6) is 6.01 Å². The van der Waals surface area contributed by atoms with Crippen molar-refractivity contribution in [3.8, 4) is 6.01 Å². The van der Waals surface area contributed by atoms with Crippen LogP contribution in [0.4, 0.5) is 5.82 Å². The van der Waals surface area contributed by atoms with Crippen LogP contribution in [0.2, 0.25) is 0 Å². The fourth-order valence-corrected chi connectivity index (χ4v) is 3.40. The van der Waals surface area contributed by atoms with Crippen molar-refractivity contribution in [1.82, 2.24) is 19.7 Å². The minimum Gasteiger partial charge on any atom is -0.460 e. The summed E-state index contributed by atoms with van der Waals surface area (Å²) in [6, 6.07) is 0.362. The first-order valence-corrected chi connectivity index (χ1v) is 8.83. The summed E-state index contributed by atoms with van der Waals surface area (Å²) >= 11 is 0. The summed E-state index contributed by atoms with van der Waals surface area (Å²) in [5.74, 6) is 1.13. The predicted molar refractivity (Wildman–Crippen MR) is 91.3 cm³/mol. The van der Waals surface area contributed by atoms with Crippen molar-refractivity contribution in [1.29, 1.82) is 0 Å². The van der Waals surface area contributed by atoms with E-state index < -0.39 is 0 Å². The Hall–Kier alpha value is -1.85. The van der Waals surface area contributed by atoms with Gasteiger partial charge in [0, 0.05) is 6.54 Å². The molecule has 0 spiro atoms. The van der Waals surface area contributed by atoms with Crippen LogP contribution < -0.4 is 10.5 Å². The third-order valence-corrected chi connectivity index (χ3v) is 4.66. The molecule has 1 unspecified atom stereocenters. The molecule has 6 heteroatoms. The van der Waals surface area contributed by atoms with Crippen LogP contribution >= 0.6 is 0 Å². The van der Waals surface area contributed by atoms with E-state index in [1.807, 2.05) is 11.6 Å². The quantitative estimate of drug-likeness (QED) is 0.881. The number of ether oxygens (including phenoxy) is 1. The highest BCUT2D eigenvalue weighted by Crippen LogP contribution is 2.27. The van der Waals surface area contributed by atoms with E-state index in [0.29, 0.717) is 17.7 Å². The Kier molecular flexibility index (Phi) is 4.98. The number of hydrogen-bond donors (Lipinski definition) is 1. The van der Waals surface area contributed by atoms with E-state index in [1.54, 1.807) is 6.20 Å². The van der Waals surface area contributed by atoms with E-state index in [0.717, 1.165) is 30.4 Å². The molecule has 1 saturated carbocycles. The number of nitrogen functional groups attached to an aromatic ring is 1. The molecule has 1 atom stereocenters. The smallest absolute Gasteiger partial charge is 0.320 e. The topological polar surface area (TPSA) is 78.9 Å². The van der Waals surface area contributed by atoms with Gasteiger partial charge in [0.1, 0.15) is 5.82 Å². The second-order valence-electron chi connectivity index (χ2n) is 6.68. The van der Waals surface area contributed by atoms with E-state index in [1.165, 1.54) is 32.1 Å². The second kappa shape index (κ2) is 7.15. The lowest BCUT2D eigenvalue weighted by Gasteiger charge is -2.21. The number of hydrogen-bond acceptors (Lipinski definition) is 5. The molecule has 3 rings (SSSR count). The molecule has 2 N–H and O–H groups in total. The van der Waals surface area contributed by atoms with Gasteiger partial charge in [-0.2, -0.15) is 15.1 Å². The van der Waals surface area contributed by atoms with Crippen molar-refractivity contribution in [3.05, 3.63) is 6.20 Å². The fourth-order valence-electron chi connectivity index (χ4n) is 3.40. The summed E-state index contributed by atoms with van der Waals surface area (Å²) in [6.45, 7) is 5.08. The van der Waals surface area contributed by atoms with Crippen LogP contribution in [0.15, 0.2) is 6.20 Å². The number of fused-ring (bicyclic) bond motifs is 1. The first-order valence-electron chi connectivity index (χ1n) is 8.83. The number of anilines is 1. The molecule has 0 bridgehead atoms. The van der Waals surface area contributed by atoms with Crippen molar-refractivity contribution < 1.29 is 4.74 Å². The molecule has 1 fully saturated rings. The van der Waals surface area contributed by atoms with Gasteiger partial charge in [-0.1, -0.05) is 32.6 Å². The Morgan fingerprint density at radius 2 is 2.09 bits per heavy atom. The summed E-state index contributed by atoms with van der Waals surface area (Å²) in [5, 5.41) is 5.30. The first-order chi connectivity index (χ1) is 11.2. The lowest BCUT2D eigenvalue weighted by molar-refractivity contribution is 0.193. The molecule has 2 aromatic rings. The molecule has 0 aromatic carbocycles. The Bertz CT molecular complexity index is 648. The maximum Gasteiger partial charge on any atom is 0.320 e. The van der Waals surface area contributed by atoms with Crippen LogP contribution in [0.3, 0.4) is 0 Å². The van der Waals surface area contributed by atoms with Gasteiger partial charge in [0.2, 0.25) is 0 Å². The molecule has 0 aliphatic heterocycles. The monoisotopic (exact) mass is 317 g/mol. The fraction of sp³-hybridized carbons (Fsp3) is 0.706. The van der Waals surface area contributed by atoms with Crippen LogP contribution in [-0.2, 0) is 6.54 Å². The Morgan fingerprint density at radius 3 is 2.83 bits per heavy atom. The van der Waals surface area contributed by atoms with Crippen molar-refractivity contribution in [2.75, 3.05) is 5.73 Å². The summed E-state index contributed by atoms with van der Waals surface area (Å²) in [6.07, 6.45) is 10.5. The third-order valence-electron chi connectivity index (χ3n) is 4.66. The highest BCUT2D eigenvalue weighted by molar-refractivity contribution is 5.85. The van der Waals surface area contributed by atoms with Gasteiger partial charge in [0.25, 0.3) is 0 Å². The molecular weight excluding hydrogens is 290 g/mol. The minimum atomic E-state index is 0.0894. The highest BCUT2D eigenvalue weighted by Gasteiger charge is 2.18.